The van der Waals surface area contributed by atoms with Crippen LogP contribution in [0.5, 0.6) is 0 Å². The van der Waals surface area contributed by atoms with E-state index in [1.807, 2.05) is 23.1 Å². The van der Waals surface area contributed by atoms with Crippen LogP contribution in [-0.2, 0) is 16.1 Å². The van der Waals surface area contributed by atoms with Gasteiger partial charge in [0, 0.05) is 62.2 Å². The Morgan fingerprint density at radius 2 is 1.64 bits per heavy atom. The van der Waals surface area contributed by atoms with Crippen LogP contribution in [-0.4, -0.2) is 71.3 Å². The van der Waals surface area contributed by atoms with E-state index in [1.165, 1.54) is 5.56 Å². The third-order valence-electron chi connectivity index (χ3n) is 9.60. The number of carbonyl (C=O) groups excluding carboxylic acids is 4. The highest BCUT2D eigenvalue weighted by Gasteiger charge is 2.39. The first kappa shape index (κ1) is 29.9. The summed E-state index contributed by atoms with van der Waals surface area (Å²) < 4.78 is 0. The number of rotatable bonds is 6. The van der Waals surface area contributed by atoms with Gasteiger partial charge < -0.3 is 20.4 Å². The van der Waals surface area contributed by atoms with Crippen molar-refractivity contribution in [2.24, 2.45) is 0 Å². The number of nitrogens with zero attached hydrogens (tertiary/aromatic N) is 2. The summed E-state index contributed by atoms with van der Waals surface area (Å²) in [5, 5.41) is 9.25. The topological polar surface area (TPSA) is 111 Å². The second kappa shape index (κ2) is 13.6. The zero-order valence-electron chi connectivity index (χ0n) is 25.1. The number of likely N-dealkylation sites (tertiary alicyclic amines) is 1. The van der Waals surface area contributed by atoms with Gasteiger partial charge in [-0.25, -0.2) is 4.79 Å². The number of imide groups is 1. The molecule has 3 aliphatic heterocycles. The molecular weight excluding hydrogens is 554 g/mol. The fourth-order valence-corrected chi connectivity index (χ4v) is 7.05. The molecule has 3 N–H and O–H groups in total. The molecule has 2 aromatic rings. The maximum absolute atomic E-state index is 13.0. The summed E-state index contributed by atoms with van der Waals surface area (Å²) in [6, 6.07) is 16.3. The molecule has 3 heterocycles. The Balaban J connectivity index is 0.907. The highest BCUT2D eigenvalue weighted by Crippen LogP contribution is 2.30. The van der Waals surface area contributed by atoms with E-state index in [0.717, 1.165) is 69.3 Å². The first-order chi connectivity index (χ1) is 21.5. The van der Waals surface area contributed by atoms with E-state index in [9.17, 15) is 19.2 Å². The largest absolute Gasteiger partial charge is 0.335 e. The number of carbonyl (C=O) groups is 4. The van der Waals surface area contributed by atoms with Crippen molar-refractivity contribution < 1.29 is 19.2 Å². The molecule has 9 heteroatoms. The molecule has 2 saturated heterocycles. The lowest BCUT2D eigenvalue weighted by molar-refractivity contribution is -0.136. The Bertz CT molecular complexity index is 1450. The Morgan fingerprint density at radius 3 is 2.39 bits per heavy atom. The summed E-state index contributed by atoms with van der Waals surface area (Å²) in [5.74, 6) is 6.16. The zero-order chi connectivity index (χ0) is 30.5. The smallest absolute Gasteiger partial charge is 0.317 e. The van der Waals surface area contributed by atoms with Crippen LogP contribution in [0.4, 0.5) is 4.79 Å². The van der Waals surface area contributed by atoms with E-state index in [2.05, 4.69) is 52.1 Å². The van der Waals surface area contributed by atoms with Gasteiger partial charge in [-0.2, -0.15) is 0 Å². The molecule has 230 valence electrons. The van der Waals surface area contributed by atoms with Gasteiger partial charge in [0.2, 0.25) is 11.8 Å². The van der Waals surface area contributed by atoms with Gasteiger partial charge in [0.25, 0.3) is 5.91 Å². The summed E-state index contributed by atoms with van der Waals surface area (Å²) in [7, 11) is 0. The van der Waals surface area contributed by atoms with Crippen LogP contribution in [0, 0.1) is 11.8 Å². The third kappa shape index (κ3) is 6.81. The number of piperidine rings is 2. The number of amides is 5. The van der Waals surface area contributed by atoms with E-state index in [4.69, 9.17) is 0 Å². The third-order valence-corrected chi connectivity index (χ3v) is 9.60. The lowest BCUT2D eigenvalue weighted by Crippen LogP contribution is -2.52. The van der Waals surface area contributed by atoms with Crippen LogP contribution in [0.15, 0.2) is 48.5 Å². The van der Waals surface area contributed by atoms with E-state index in [1.54, 1.807) is 11.0 Å². The first-order valence-corrected chi connectivity index (χ1v) is 16.1. The maximum Gasteiger partial charge on any atom is 0.317 e. The molecule has 5 amide bonds. The van der Waals surface area contributed by atoms with Crippen molar-refractivity contribution in [3.63, 3.8) is 0 Å². The van der Waals surface area contributed by atoms with Crippen molar-refractivity contribution in [2.45, 2.75) is 88.4 Å². The van der Waals surface area contributed by atoms with Gasteiger partial charge in [0.1, 0.15) is 6.04 Å². The van der Waals surface area contributed by atoms with Crippen molar-refractivity contribution in [3.8, 4) is 11.8 Å². The Hall–Kier alpha value is -4.16. The molecule has 1 aliphatic carbocycles. The van der Waals surface area contributed by atoms with E-state index < -0.39 is 11.9 Å². The van der Waals surface area contributed by atoms with Gasteiger partial charge >= 0.3 is 6.03 Å². The molecule has 44 heavy (non-hydrogen) atoms. The van der Waals surface area contributed by atoms with Crippen LogP contribution >= 0.6 is 0 Å². The van der Waals surface area contributed by atoms with E-state index in [-0.39, 0.29) is 30.3 Å². The summed E-state index contributed by atoms with van der Waals surface area (Å²) in [6.45, 7) is 2.73. The van der Waals surface area contributed by atoms with Gasteiger partial charge in [-0.3, -0.25) is 19.7 Å². The number of urea groups is 1. The molecule has 1 saturated carbocycles. The maximum atomic E-state index is 13.0. The molecule has 4 aliphatic rings. The van der Waals surface area contributed by atoms with E-state index >= 15 is 0 Å². The van der Waals surface area contributed by atoms with Crippen molar-refractivity contribution in [1.29, 1.82) is 0 Å². The fourth-order valence-electron chi connectivity index (χ4n) is 7.05. The summed E-state index contributed by atoms with van der Waals surface area (Å²) in [6.07, 6.45) is 7.31. The number of hydrogen-bond donors (Lipinski definition) is 3. The minimum atomic E-state index is -0.626. The average molecular weight is 596 g/mol. The monoisotopic (exact) mass is 595 g/mol. The SMILES string of the molecule is O=C1CCC(N2Cc3c(C#CCCNC4CCC(NC(=O)N5CCC(c6ccccc6)CC5)CC4)cccc3C2=O)C(=O)N1. The summed E-state index contributed by atoms with van der Waals surface area (Å²) in [5.41, 5.74) is 3.62. The van der Waals surface area contributed by atoms with Crippen LogP contribution in [0.3, 0.4) is 0 Å². The highest BCUT2D eigenvalue weighted by atomic mass is 16.2. The second-order valence-corrected chi connectivity index (χ2v) is 12.4. The predicted molar refractivity (Wildman–Crippen MR) is 167 cm³/mol. The van der Waals surface area contributed by atoms with Gasteiger partial charge in [0.15, 0.2) is 0 Å². The van der Waals surface area contributed by atoms with Gasteiger partial charge in [0.05, 0.1) is 0 Å². The molecular formula is C35H41N5O4. The molecule has 0 spiro atoms. The van der Waals surface area contributed by atoms with E-state index in [0.29, 0.717) is 36.9 Å². The minimum Gasteiger partial charge on any atom is -0.335 e. The van der Waals surface area contributed by atoms with Crippen LogP contribution in [0.25, 0.3) is 0 Å². The van der Waals surface area contributed by atoms with Crippen LogP contribution < -0.4 is 16.0 Å². The number of fused-ring (bicyclic) bond motifs is 1. The molecule has 0 radical (unpaired) electrons. The molecule has 0 bridgehead atoms. The molecule has 1 unspecified atom stereocenters. The molecule has 2 aromatic carbocycles. The molecule has 0 aromatic heterocycles. The molecule has 3 fully saturated rings. The average Bonchev–Trinajstić information content (AvgIpc) is 3.38. The number of nitrogens with one attached hydrogen (secondary N) is 3. The van der Waals surface area contributed by atoms with Crippen LogP contribution in [0.2, 0.25) is 0 Å². The van der Waals surface area contributed by atoms with Gasteiger partial charge in [-0.1, -0.05) is 48.2 Å². The second-order valence-electron chi connectivity index (χ2n) is 12.4. The number of benzene rings is 2. The minimum absolute atomic E-state index is 0.0810. The lowest BCUT2D eigenvalue weighted by Gasteiger charge is -2.35. The predicted octanol–water partition coefficient (Wildman–Crippen LogP) is 3.68. The van der Waals surface area contributed by atoms with Crippen molar-refractivity contribution in [3.05, 3.63) is 70.8 Å². The fraction of sp³-hybridized carbons (Fsp3) is 0.486. The standard InChI is InChI=1S/C35H41N5O4/c41-32-17-16-31(33(42)38-32)40-23-30-26(10-6-11-29(30)34(40)43)9-4-5-20-36-27-12-14-28(15-13-27)37-35(44)39-21-18-25(19-22-39)24-7-2-1-3-8-24/h1-3,6-8,10-11,25,27-28,31,36H,5,12-23H2,(H,37,44)(H,38,41,42). The molecule has 6 rings (SSSR count). The number of hydrogen-bond acceptors (Lipinski definition) is 5. The van der Waals surface area contributed by atoms with Crippen LogP contribution in [0.1, 0.15) is 90.8 Å². The molecule has 1 atom stereocenters. The summed E-state index contributed by atoms with van der Waals surface area (Å²) >= 11 is 0. The Kier molecular flexibility index (Phi) is 9.27. The highest BCUT2D eigenvalue weighted by molar-refractivity contribution is 6.05. The first-order valence-electron chi connectivity index (χ1n) is 16.1. The zero-order valence-corrected chi connectivity index (χ0v) is 25.1. The Morgan fingerprint density at radius 1 is 0.886 bits per heavy atom. The Labute approximate surface area is 259 Å². The van der Waals surface area contributed by atoms with Crippen molar-refractivity contribution >= 4 is 23.8 Å². The quantitative estimate of drug-likeness (QED) is 0.268. The lowest BCUT2D eigenvalue weighted by atomic mass is 9.89. The van der Waals surface area contributed by atoms with Crippen molar-refractivity contribution in [1.82, 2.24) is 25.8 Å². The normalized spacial score (nSPS) is 23.9. The summed E-state index contributed by atoms with van der Waals surface area (Å²) in [4.78, 5) is 53.4. The van der Waals surface area contributed by atoms with Crippen molar-refractivity contribution in [2.75, 3.05) is 19.6 Å². The molecule has 9 nitrogen and oxygen atoms in total. The van der Waals surface area contributed by atoms with Gasteiger partial charge in [-0.15, -0.1) is 0 Å². The van der Waals surface area contributed by atoms with Gasteiger partial charge in [-0.05, 0) is 74.1 Å².